The highest BCUT2D eigenvalue weighted by Gasteiger charge is 2.23. The molecule has 0 bridgehead atoms. The van der Waals surface area contributed by atoms with E-state index in [1.807, 2.05) is 20.8 Å². The first-order valence-electron chi connectivity index (χ1n) is 12.1. The van der Waals surface area contributed by atoms with Crippen LogP contribution in [0, 0.1) is 0 Å². The number of aromatic nitrogens is 2. The van der Waals surface area contributed by atoms with Crippen LogP contribution in [0.5, 0.6) is 6.01 Å². The van der Waals surface area contributed by atoms with Gasteiger partial charge >= 0.3 is 6.01 Å². The Hall–Kier alpha value is -2.34. The number of nitrogens with one attached hydrogen (secondary N) is 1. The average Bonchev–Trinajstić information content (AvgIpc) is 2.77. The lowest BCUT2D eigenvalue weighted by Crippen LogP contribution is -2.34. The van der Waals surface area contributed by atoms with Crippen molar-refractivity contribution in [3.8, 4) is 6.01 Å². The number of anilines is 3. The van der Waals surface area contributed by atoms with Gasteiger partial charge in [0.2, 0.25) is 0 Å². The van der Waals surface area contributed by atoms with Gasteiger partial charge in [-0.05, 0) is 77.0 Å². The van der Waals surface area contributed by atoms with Crippen molar-refractivity contribution in [1.82, 2.24) is 9.97 Å². The molecule has 0 aliphatic carbocycles. The van der Waals surface area contributed by atoms with Crippen LogP contribution < -0.4 is 15.0 Å². The molecule has 0 fully saturated rings. The van der Waals surface area contributed by atoms with Crippen molar-refractivity contribution in [1.29, 1.82) is 0 Å². The second-order valence-electron chi connectivity index (χ2n) is 8.97. The highest BCUT2D eigenvalue weighted by molar-refractivity contribution is 5.76. The van der Waals surface area contributed by atoms with Crippen molar-refractivity contribution in [2.45, 2.75) is 91.7 Å². The fourth-order valence-corrected chi connectivity index (χ4v) is 4.35. The average molecular weight is 443 g/mol. The topological polar surface area (TPSA) is 70.5 Å². The zero-order valence-corrected chi connectivity index (χ0v) is 21.0. The van der Waals surface area contributed by atoms with E-state index in [1.54, 1.807) is 12.4 Å². The Morgan fingerprint density at radius 3 is 2.19 bits per heavy atom. The Labute approximate surface area is 194 Å². The van der Waals surface area contributed by atoms with E-state index in [-0.39, 0.29) is 5.92 Å². The van der Waals surface area contributed by atoms with Crippen LogP contribution in [0.4, 0.5) is 17.1 Å². The van der Waals surface area contributed by atoms with Gasteiger partial charge < -0.3 is 20.1 Å². The predicted molar refractivity (Wildman–Crippen MR) is 134 cm³/mol. The number of hydrogen-bond acceptors (Lipinski definition) is 6. The first kappa shape index (κ1) is 25.9. The second kappa shape index (κ2) is 12.0. The molecule has 0 aliphatic rings. The van der Waals surface area contributed by atoms with Crippen LogP contribution >= 0.6 is 0 Å². The van der Waals surface area contributed by atoms with Crippen molar-refractivity contribution in [3.63, 3.8) is 0 Å². The van der Waals surface area contributed by atoms with Crippen LogP contribution in [0.2, 0.25) is 0 Å². The maximum Gasteiger partial charge on any atom is 0.316 e. The van der Waals surface area contributed by atoms with Crippen LogP contribution in [0.15, 0.2) is 30.6 Å². The summed E-state index contributed by atoms with van der Waals surface area (Å²) in [5, 5.41) is 14.0. The normalized spacial score (nSPS) is 12.7. The minimum absolute atomic E-state index is 0.282. The lowest BCUT2D eigenvalue weighted by molar-refractivity contribution is 0.0624. The molecule has 0 saturated carbocycles. The molecule has 0 spiro atoms. The van der Waals surface area contributed by atoms with E-state index in [4.69, 9.17) is 4.74 Å². The minimum Gasteiger partial charge on any atom is -0.464 e. The third-order valence-electron chi connectivity index (χ3n) is 5.94. The summed E-state index contributed by atoms with van der Waals surface area (Å²) in [5.74, 6) is 0.282. The van der Waals surface area contributed by atoms with Gasteiger partial charge in [0.05, 0.1) is 41.7 Å². The molecule has 1 aromatic heterocycles. The molecule has 0 amide bonds. The summed E-state index contributed by atoms with van der Waals surface area (Å²) in [6, 6.07) is 7.54. The molecule has 1 heterocycles. The van der Waals surface area contributed by atoms with Crippen LogP contribution in [-0.4, -0.2) is 39.9 Å². The maximum absolute atomic E-state index is 10.4. The van der Waals surface area contributed by atoms with Gasteiger partial charge in [0.1, 0.15) is 0 Å². The molecule has 6 heteroatoms. The zero-order chi connectivity index (χ0) is 23.7. The van der Waals surface area contributed by atoms with Crippen molar-refractivity contribution < 1.29 is 9.84 Å². The first-order valence-corrected chi connectivity index (χ1v) is 12.1. The Balaban J connectivity index is 2.48. The molecular weight excluding hydrogens is 400 g/mol. The lowest BCUT2D eigenvalue weighted by atomic mass is 9.85. The number of rotatable bonds is 13. The number of benzene rings is 1. The smallest absolute Gasteiger partial charge is 0.316 e. The molecule has 1 atom stereocenters. The van der Waals surface area contributed by atoms with Gasteiger partial charge in [-0.2, -0.15) is 0 Å². The van der Waals surface area contributed by atoms with E-state index in [1.165, 1.54) is 11.3 Å². The Bertz CT molecular complexity index is 814. The Morgan fingerprint density at radius 1 is 1.03 bits per heavy atom. The van der Waals surface area contributed by atoms with Crippen molar-refractivity contribution in [2.75, 3.05) is 23.4 Å². The summed E-state index contributed by atoms with van der Waals surface area (Å²) in [6.45, 7) is 16.0. The molecule has 6 nitrogen and oxygen atoms in total. The van der Waals surface area contributed by atoms with E-state index >= 15 is 0 Å². The maximum atomic E-state index is 10.4. The van der Waals surface area contributed by atoms with Gasteiger partial charge in [-0.25, -0.2) is 9.97 Å². The Kier molecular flexibility index (Phi) is 9.76. The van der Waals surface area contributed by atoms with Gasteiger partial charge in [-0.15, -0.1) is 0 Å². The fourth-order valence-electron chi connectivity index (χ4n) is 4.35. The van der Waals surface area contributed by atoms with Crippen LogP contribution in [0.25, 0.3) is 0 Å². The van der Waals surface area contributed by atoms with Gasteiger partial charge in [-0.3, -0.25) is 0 Å². The van der Waals surface area contributed by atoms with E-state index in [9.17, 15) is 5.11 Å². The molecule has 0 aliphatic heterocycles. The summed E-state index contributed by atoms with van der Waals surface area (Å²) < 4.78 is 5.38. The Morgan fingerprint density at radius 2 is 1.69 bits per heavy atom. The van der Waals surface area contributed by atoms with Crippen molar-refractivity contribution in [2.24, 2.45) is 0 Å². The molecule has 178 valence electrons. The SMILES string of the molecule is CCOc1ncc(Nc2cc([C@H](CC)CC(C)(C)O)ccc2N(CC)C(CC)CC)cn1. The molecule has 2 rings (SSSR count). The third kappa shape index (κ3) is 7.09. The summed E-state index contributed by atoms with van der Waals surface area (Å²) in [4.78, 5) is 11.1. The molecule has 2 N–H and O–H groups in total. The molecule has 0 unspecified atom stereocenters. The predicted octanol–water partition coefficient (Wildman–Crippen LogP) is 6.29. The number of ether oxygens (including phenoxy) is 1. The van der Waals surface area contributed by atoms with Gasteiger partial charge in [-0.1, -0.05) is 26.8 Å². The highest BCUT2D eigenvalue weighted by Crippen LogP contribution is 2.37. The molecular formula is C26H42N4O2. The summed E-state index contributed by atoms with van der Waals surface area (Å²) in [5.41, 5.74) is 3.56. The molecule has 0 radical (unpaired) electrons. The van der Waals surface area contributed by atoms with Gasteiger partial charge in [0, 0.05) is 12.6 Å². The van der Waals surface area contributed by atoms with E-state index in [0.29, 0.717) is 18.7 Å². The molecule has 2 aromatic rings. The summed E-state index contributed by atoms with van der Waals surface area (Å²) in [6.07, 6.45) is 7.39. The number of hydrogen-bond donors (Lipinski definition) is 2. The number of aliphatic hydroxyl groups is 1. The number of nitrogens with zero attached hydrogens (tertiary/aromatic N) is 3. The van der Waals surface area contributed by atoms with Gasteiger partial charge in [0.15, 0.2) is 0 Å². The second-order valence-corrected chi connectivity index (χ2v) is 8.97. The van der Waals surface area contributed by atoms with Crippen LogP contribution in [0.3, 0.4) is 0 Å². The minimum atomic E-state index is -0.707. The highest BCUT2D eigenvalue weighted by atomic mass is 16.5. The molecule has 1 aromatic carbocycles. The summed E-state index contributed by atoms with van der Waals surface area (Å²) in [7, 11) is 0. The quantitative estimate of drug-likeness (QED) is 0.380. The van der Waals surface area contributed by atoms with Crippen LogP contribution in [-0.2, 0) is 0 Å². The monoisotopic (exact) mass is 442 g/mol. The summed E-state index contributed by atoms with van der Waals surface area (Å²) >= 11 is 0. The largest absolute Gasteiger partial charge is 0.464 e. The first-order chi connectivity index (χ1) is 15.3. The lowest BCUT2D eigenvalue weighted by Gasteiger charge is -2.34. The van der Waals surface area contributed by atoms with Gasteiger partial charge in [0.25, 0.3) is 0 Å². The molecule has 32 heavy (non-hydrogen) atoms. The zero-order valence-electron chi connectivity index (χ0n) is 21.0. The van der Waals surface area contributed by atoms with E-state index < -0.39 is 5.60 Å². The molecule has 0 saturated heterocycles. The van der Waals surface area contributed by atoms with Crippen molar-refractivity contribution >= 4 is 17.1 Å². The third-order valence-corrected chi connectivity index (χ3v) is 5.94. The van der Waals surface area contributed by atoms with Crippen molar-refractivity contribution in [3.05, 3.63) is 36.2 Å². The standard InChI is InChI=1S/C26H42N4O2/c1-8-19(16-26(6,7)31)20-13-14-24(30(11-4)22(9-2)10-3)23(15-20)29-21-17-27-25(28-18-21)32-12-5/h13-15,17-19,22,29,31H,8-12,16H2,1-7H3/t19-/m1/s1. The fraction of sp³-hybridized carbons (Fsp3) is 0.615. The van der Waals surface area contributed by atoms with E-state index in [0.717, 1.165) is 43.6 Å². The van der Waals surface area contributed by atoms with E-state index in [2.05, 4.69) is 66.1 Å². The van der Waals surface area contributed by atoms with Crippen LogP contribution in [0.1, 0.15) is 85.6 Å².